The van der Waals surface area contributed by atoms with Gasteiger partial charge >= 0.3 is 0 Å². The molecule has 7 heteroatoms. The van der Waals surface area contributed by atoms with Crippen LogP contribution in [-0.4, -0.2) is 33.7 Å². The number of carbonyl (C=O) groups excluding carboxylic acids is 1. The minimum Gasteiger partial charge on any atom is -0.497 e. The molecule has 1 N–H and O–H groups in total. The quantitative estimate of drug-likeness (QED) is 0.870. The highest BCUT2D eigenvalue weighted by Crippen LogP contribution is 2.22. The Hall–Kier alpha value is -2.54. The van der Waals surface area contributed by atoms with E-state index in [1.165, 1.54) is 7.11 Å². The second-order valence-corrected chi connectivity index (χ2v) is 7.15. The third kappa shape index (κ3) is 4.26. The Labute approximate surface area is 142 Å². The molecule has 0 aliphatic rings. The van der Waals surface area contributed by atoms with Crippen LogP contribution in [0.1, 0.15) is 6.92 Å². The summed E-state index contributed by atoms with van der Waals surface area (Å²) in [6.07, 6.45) is 1.08. The molecule has 2 rings (SSSR count). The molecule has 1 amide bonds. The maximum absolute atomic E-state index is 12.5. The van der Waals surface area contributed by atoms with E-state index in [1.54, 1.807) is 61.5 Å². The summed E-state index contributed by atoms with van der Waals surface area (Å²) in [6.45, 7) is 1.55. The van der Waals surface area contributed by atoms with Crippen LogP contribution in [0.2, 0.25) is 0 Å². The molecule has 0 fully saturated rings. The van der Waals surface area contributed by atoms with Crippen LogP contribution in [0.5, 0.6) is 5.75 Å². The smallest absolute Gasteiger partial charge is 0.247 e. The molecule has 0 aromatic heterocycles. The summed E-state index contributed by atoms with van der Waals surface area (Å²) in [5.74, 6) is 0.168. The van der Waals surface area contributed by atoms with Gasteiger partial charge in [-0.1, -0.05) is 24.3 Å². The molecular weight excluding hydrogens is 328 g/mol. The van der Waals surface area contributed by atoms with Crippen molar-refractivity contribution >= 4 is 27.3 Å². The van der Waals surface area contributed by atoms with E-state index in [-0.39, 0.29) is 0 Å². The van der Waals surface area contributed by atoms with E-state index < -0.39 is 22.0 Å². The van der Waals surface area contributed by atoms with Crippen LogP contribution in [0.4, 0.5) is 11.4 Å². The first kappa shape index (κ1) is 17.8. The predicted molar refractivity (Wildman–Crippen MR) is 94.9 cm³/mol. The zero-order valence-electron chi connectivity index (χ0n) is 13.8. The Balaban J connectivity index is 2.26. The number of rotatable bonds is 6. The summed E-state index contributed by atoms with van der Waals surface area (Å²) in [5, 5.41) is 2.71. The molecule has 2 aromatic carbocycles. The average Bonchev–Trinajstić information content (AvgIpc) is 2.54. The van der Waals surface area contributed by atoms with E-state index >= 15 is 0 Å². The molecular formula is C17H20N2O4S. The molecule has 0 radical (unpaired) electrons. The highest BCUT2D eigenvalue weighted by atomic mass is 32.2. The Morgan fingerprint density at radius 3 is 2.38 bits per heavy atom. The number of nitrogens with one attached hydrogen (secondary N) is 1. The lowest BCUT2D eigenvalue weighted by Crippen LogP contribution is -2.45. The van der Waals surface area contributed by atoms with Crippen molar-refractivity contribution in [3.63, 3.8) is 0 Å². The molecule has 0 aliphatic heterocycles. The molecule has 0 unspecified atom stereocenters. The average molecular weight is 348 g/mol. The third-order valence-electron chi connectivity index (χ3n) is 3.44. The molecule has 0 bridgehead atoms. The van der Waals surface area contributed by atoms with Crippen molar-refractivity contribution in [3.05, 3.63) is 54.6 Å². The fraction of sp³-hybridized carbons (Fsp3) is 0.235. The van der Waals surface area contributed by atoms with E-state index in [9.17, 15) is 13.2 Å². The van der Waals surface area contributed by atoms with Crippen molar-refractivity contribution in [2.24, 2.45) is 0 Å². The number of anilines is 2. The fourth-order valence-corrected chi connectivity index (χ4v) is 3.51. The van der Waals surface area contributed by atoms with Gasteiger partial charge in [-0.25, -0.2) is 8.42 Å². The van der Waals surface area contributed by atoms with E-state index in [4.69, 9.17) is 4.74 Å². The van der Waals surface area contributed by atoms with Crippen LogP contribution < -0.4 is 14.4 Å². The molecule has 24 heavy (non-hydrogen) atoms. The minimum atomic E-state index is -3.62. The number of ether oxygens (including phenoxy) is 1. The van der Waals surface area contributed by atoms with Crippen molar-refractivity contribution in [3.8, 4) is 5.75 Å². The van der Waals surface area contributed by atoms with E-state index in [0.717, 1.165) is 10.6 Å². The van der Waals surface area contributed by atoms with Gasteiger partial charge in [-0.15, -0.1) is 0 Å². The zero-order valence-corrected chi connectivity index (χ0v) is 14.6. The van der Waals surface area contributed by atoms with Gasteiger partial charge in [0, 0.05) is 11.8 Å². The Bertz CT molecular complexity index is 806. The Kier molecular flexibility index (Phi) is 5.46. The van der Waals surface area contributed by atoms with Gasteiger partial charge in [0.05, 0.1) is 19.1 Å². The van der Waals surface area contributed by atoms with Gasteiger partial charge < -0.3 is 10.1 Å². The summed E-state index contributed by atoms with van der Waals surface area (Å²) >= 11 is 0. The lowest BCUT2D eigenvalue weighted by molar-refractivity contribution is -0.116. The predicted octanol–water partition coefficient (Wildman–Crippen LogP) is 2.49. The van der Waals surface area contributed by atoms with E-state index in [1.807, 2.05) is 0 Å². The van der Waals surface area contributed by atoms with Gasteiger partial charge in [-0.05, 0) is 31.2 Å². The molecule has 6 nitrogen and oxygen atoms in total. The van der Waals surface area contributed by atoms with Crippen molar-refractivity contribution in [2.45, 2.75) is 13.0 Å². The minimum absolute atomic E-state index is 0.433. The summed E-state index contributed by atoms with van der Waals surface area (Å²) in [5.41, 5.74) is 0.973. The van der Waals surface area contributed by atoms with Crippen molar-refractivity contribution < 1.29 is 17.9 Å². The SMILES string of the molecule is COc1cccc(NC(=O)[C@H](C)N(c2ccccc2)S(C)(=O)=O)c1. The van der Waals surface area contributed by atoms with E-state index in [0.29, 0.717) is 17.1 Å². The summed E-state index contributed by atoms with van der Waals surface area (Å²) < 4.78 is 30.5. The van der Waals surface area contributed by atoms with Gasteiger partial charge in [-0.2, -0.15) is 0 Å². The molecule has 128 valence electrons. The first-order valence-electron chi connectivity index (χ1n) is 7.32. The molecule has 0 aliphatic carbocycles. The van der Waals surface area contributed by atoms with Crippen LogP contribution >= 0.6 is 0 Å². The van der Waals surface area contributed by atoms with Gasteiger partial charge in [0.15, 0.2) is 0 Å². The Morgan fingerprint density at radius 2 is 1.79 bits per heavy atom. The normalized spacial score (nSPS) is 12.3. The summed E-state index contributed by atoms with van der Waals surface area (Å²) in [6, 6.07) is 14.5. The van der Waals surface area contributed by atoms with Gasteiger partial charge in [0.1, 0.15) is 11.8 Å². The number of amides is 1. The van der Waals surface area contributed by atoms with Crippen LogP contribution in [0.25, 0.3) is 0 Å². The lowest BCUT2D eigenvalue weighted by Gasteiger charge is -2.28. The van der Waals surface area contributed by atoms with Crippen LogP contribution in [0.15, 0.2) is 54.6 Å². The number of nitrogens with zero attached hydrogens (tertiary/aromatic N) is 1. The topological polar surface area (TPSA) is 75.7 Å². The molecule has 0 saturated heterocycles. The second kappa shape index (κ2) is 7.35. The van der Waals surface area contributed by atoms with Crippen LogP contribution in [0, 0.1) is 0 Å². The summed E-state index contributed by atoms with van der Waals surface area (Å²) in [7, 11) is -2.09. The summed E-state index contributed by atoms with van der Waals surface area (Å²) in [4.78, 5) is 12.5. The highest BCUT2D eigenvalue weighted by Gasteiger charge is 2.29. The monoisotopic (exact) mass is 348 g/mol. The lowest BCUT2D eigenvalue weighted by atomic mass is 10.2. The second-order valence-electron chi connectivity index (χ2n) is 5.29. The highest BCUT2D eigenvalue weighted by molar-refractivity contribution is 7.92. The number of hydrogen-bond donors (Lipinski definition) is 1. The van der Waals surface area contributed by atoms with E-state index in [2.05, 4.69) is 5.32 Å². The third-order valence-corrected chi connectivity index (χ3v) is 4.68. The van der Waals surface area contributed by atoms with Crippen LogP contribution in [-0.2, 0) is 14.8 Å². The van der Waals surface area contributed by atoms with Gasteiger partial charge in [-0.3, -0.25) is 9.10 Å². The zero-order chi connectivity index (χ0) is 17.7. The van der Waals surface area contributed by atoms with Crippen molar-refractivity contribution in [2.75, 3.05) is 23.0 Å². The number of para-hydroxylation sites is 1. The van der Waals surface area contributed by atoms with Crippen LogP contribution in [0.3, 0.4) is 0 Å². The van der Waals surface area contributed by atoms with Crippen molar-refractivity contribution in [1.29, 1.82) is 0 Å². The Morgan fingerprint density at radius 1 is 1.12 bits per heavy atom. The number of carbonyl (C=O) groups is 1. The largest absolute Gasteiger partial charge is 0.497 e. The number of benzene rings is 2. The molecule has 0 saturated carbocycles. The number of hydrogen-bond acceptors (Lipinski definition) is 4. The number of sulfonamides is 1. The maximum Gasteiger partial charge on any atom is 0.247 e. The maximum atomic E-state index is 12.5. The molecule has 0 spiro atoms. The molecule has 1 atom stereocenters. The molecule has 0 heterocycles. The van der Waals surface area contributed by atoms with Gasteiger partial charge in [0.25, 0.3) is 0 Å². The fourth-order valence-electron chi connectivity index (χ4n) is 2.33. The van der Waals surface area contributed by atoms with Gasteiger partial charge in [0.2, 0.25) is 15.9 Å². The standard InChI is InChI=1S/C17H20N2O4S/c1-13(17(20)18-14-8-7-11-16(12-14)23-2)19(24(3,21)22)15-9-5-4-6-10-15/h4-13H,1-3H3,(H,18,20)/t13-/m0/s1. The first-order chi connectivity index (χ1) is 11.3. The molecule has 2 aromatic rings. The first-order valence-corrected chi connectivity index (χ1v) is 9.17. The number of methoxy groups -OCH3 is 1. The van der Waals surface area contributed by atoms with Crippen molar-refractivity contribution in [1.82, 2.24) is 0 Å².